The molecule has 70 heavy (non-hydrogen) atoms. The highest BCUT2D eigenvalue weighted by molar-refractivity contribution is 5.98. The lowest BCUT2D eigenvalue weighted by molar-refractivity contribution is -0.123. The molecule has 0 fully saturated rings. The summed E-state index contributed by atoms with van der Waals surface area (Å²) in [6, 6.07) is 44.1. The lowest BCUT2D eigenvalue weighted by Gasteiger charge is -2.24. The molecule has 0 saturated carbocycles. The fourth-order valence-electron chi connectivity index (χ4n) is 6.58. The van der Waals surface area contributed by atoms with E-state index in [1.54, 1.807) is 72.8 Å². The zero-order chi connectivity index (χ0) is 49.6. The van der Waals surface area contributed by atoms with Gasteiger partial charge in [0, 0.05) is 32.7 Å². The molecular formula is C52H59N7O11. The molecule has 0 aliphatic carbocycles. The standard InChI is InChI=1S/C52H59N7O11/c53-47(57-50(63)68-37-42-23-10-3-11-24-42)59(52(65)70-39-44-27-14-5-15-28-44)34-16-29-45(56-49(62)67-36-41-21-8-2-9-22-41)46(60)54-30-17-32-58(51(64)69-38-43-25-12-4-13-26-43)33-18-31-55-48(61)66-35-40-19-6-1-7-20-40/h1-15,19-28,45H,16-18,29-39H2,(H,54,60)(H,55,61)(H,56,62)(H2,53,57,63)/t45-/m0/s1. The maximum Gasteiger partial charge on any atom is 0.437 e. The maximum absolute atomic E-state index is 13.8. The van der Waals surface area contributed by atoms with Crippen LogP contribution in [0.25, 0.3) is 0 Å². The quantitative estimate of drug-likeness (QED) is 0.0201. The summed E-state index contributed by atoms with van der Waals surface area (Å²) in [7, 11) is 0. The Kier molecular flexibility index (Phi) is 22.6. The van der Waals surface area contributed by atoms with Gasteiger partial charge in [-0.2, -0.15) is 0 Å². The van der Waals surface area contributed by atoms with Crippen LogP contribution in [0.1, 0.15) is 53.5 Å². The van der Waals surface area contributed by atoms with Crippen molar-refractivity contribution in [1.82, 2.24) is 25.8 Å². The average molecular weight is 958 g/mol. The van der Waals surface area contributed by atoms with E-state index in [1.807, 2.05) is 78.9 Å². The molecular weight excluding hydrogens is 899 g/mol. The largest absolute Gasteiger partial charge is 0.445 e. The monoisotopic (exact) mass is 957 g/mol. The number of alkyl carbamates (subject to hydrolysis) is 2. The number of carbonyl (C=O) groups is 6. The molecule has 5 N–H and O–H groups in total. The maximum atomic E-state index is 13.8. The number of benzene rings is 5. The Balaban J connectivity index is 1.19. The van der Waals surface area contributed by atoms with Crippen molar-refractivity contribution in [2.75, 3.05) is 32.7 Å². The van der Waals surface area contributed by atoms with E-state index in [0.717, 1.165) is 21.6 Å². The van der Waals surface area contributed by atoms with Crippen LogP contribution in [-0.2, 0) is 61.5 Å². The van der Waals surface area contributed by atoms with Crippen molar-refractivity contribution in [2.45, 2.75) is 64.8 Å². The normalized spacial score (nSPS) is 11.2. The summed E-state index contributed by atoms with van der Waals surface area (Å²) in [4.78, 5) is 84.9. The minimum absolute atomic E-state index is 0.0286. The molecule has 18 heteroatoms. The van der Waals surface area contributed by atoms with E-state index in [9.17, 15) is 28.8 Å². The van der Waals surface area contributed by atoms with Crippen LogP contribution in [0.3, 0.4) is 0 Å². The first-order chi connectivity index (χ1) is 34.1. The van der Waals surface area contributed by atoms with Crippen LogP contribution >= 0.6 is 0 Å². The number of hydrogen-bond acceptors (Lipinski definition) is 11. The molecule has 0 bridgehead atoms. The summed E-state index contributed by atoms with van der Waals surface area (Å²) < 4.78 is 27.1. The number of amides is 6. The van der Waals surface area contributed by atoms with Crippen molar-refractivity contribution in [1.29, 1.82) is 0 Å². The van der Waals surface area contributed by atoms with Gasteiger partial charge in [0.1, 0.15) is 39.1 Å². The third kappa shape index (κ3) is 20.2. The Labute approximate surface area is 407 Å². The predicted octanol–water partition coefficient (Wildman–Crippen LogP) is 7.81. The highest BCUT2D eigenvalue weighted by Gasteiger charge is 2.25. The zero-order valence-corrected chi connectivity index (χ0v) is 38.8. The minimum Gasteiger partial charge on any atom is -0.445 e. The molecule has 0 aliphatic rings. The first-order valence-corrected chi connectivity index (χ1v) is 22.8. The number of nitrogens with zero attached hydrogens (tertiary/aromatic N) is 3. The van der Waals surface area contributed by atoms with E-state index in [1.165, 1.54) is 4.90 Å². The van der Waals surface area contributed by atoms with Crippen LogP contribution in [-0.4, -0.2) is 90.9 Å². The summed E-state index contributed by atoms with van der Waals surface area (Å²) in [5, 5.41) is 8.14. The summed E-state index contributed by atoms with van der Waals surface area (Å²) in [5.74, 6) is -1.07. The molecule has 6 amide bonds. The summed E-state index contributed by atoms with van der Waals surface area (Å²) in [6.45, 7) is 0.433. The molecule has 0 heterocycles. The van der Waals surface area contributed by atoms with Gasteiger partial charge in [0.2, 0.25) is 11.9 Å². The van der Waals surface area contributed by atoms with E-state index in [2.05, 4.69) is 20.9 Å². The van der Waals surface area contributed by atoms with E-state index >= 15 is 0 Å². The lowest BCUT2D eigenvalue weighted by Crippen LogP contribution is -2.48. The first-order valence-electron chi connectivity index (χ1n) is 22.8. The van der Waals surface area contributed by atoms with Crippen LogP contribution < -0.4 is 21.7 Å². The third-order valence-corrected chi connectivity index (χ3v) is 10.3. The fraction of sp³-hybridized carbons (Fsp3) is 0.288. The van der Waals surface area contributed by atoms with Crippen molar-refractivity contribution in [3.63, 3.8) is 0 Å². The van der Waals surface area contributed by atoms with E-state index in [4.69, 9.17) is 29.4 Å². The molecule has 1 atom stereocenters. The molecule has 0 aliphatic heterocycles. The van der Waals surface area contributed by atoms with Gasteiger partial charge in [-0.1, -0.05) is 152 Å². The van der Waals surface area contributed by atoms with Gasteiger partial charge in [-0.15, -0.1) is 4.99 Å². The van der Waals surface area contributed by atoms with Gasteiger partial charge in [0.05, 0.1) is 0 Å². The number of aliphatic imine (C=N–C) groups is 1. The molecule has 0 radical (unpaired) electrons. The number of nitrogens with one attached hydrogen (secondary N) is 3. The Hall–Kier alpha value is -8.41. The van der Waals surface area contributed by atoms with Crippen molar-refractivity contribution >= 4 is 42.3 Å². The van der Waals surface area contributed by atoms with Gasteiger partial charge in [-0.25, -0.2) is 28.9 Å². The molecule has 0 saturated heterocycles. The first kappa shape index (κ1) is 52.6. The topological polar surface area (TPSA) is 230 Å². The number of guanidine groups is 1. The number of hydrogen-bond donors (Lipinski definition) is 4. The number of carbonyl (C=O) groups excluding carboxylic acids is 6. The second-order valence-corrected chi connectivity index (χ2v) is 15.6. The SMILES string of the molecule is N/C(=N\C(=O)OCc1ccccc1)N(CCC[C@H](NC(=O)OCc1ccccc1)C(=O)NCCCN(CCCNC(=O)OCc1ccccc1)C(=O)OCc1ccccc1)C(=O)OCc1ccccc1. The van der Waals surface area contributed by atoms with Crippen LogP contribution in [0.5, 0.6) is 0 Å². The summed E-state index contributed by atoms with van der Waals surface area (Å²) in [5.41, 5.74) is 10.00. The van der Waals surface area contributed by atoms with E-state index < -0.39 is 48.4 Å². The van der Waals surface area contributed by atoms with Crippen molar-refractivity contribution in [3.05, 3.63) is 179 Å². The smallest absolute Gasteiger partial charge is 0.437 e. The second-order valence-electron chi connectivity index (χ2n) is 15.6. The number of rotatable bonds is 24. The van der Waals surface area contributed by atoms with Gasteiger partial charge >= 0.3 is 30.5 Å². The molecule has 368 valence electrons. The minimum atomic E-state index is -1.17. The Bertz CT molecular complexity index is 2400. The third-order valence-electron chi connectivity index (χ3n) is 10.3. The fourth-order valence-corrected chi connectivity index (χ4v) is 6.58. The average Bonchev–Trinajstić information content (AvgIpc) is 3.39. The van der Waals surface area contributed by atoms with Gasteiger partial charge in [0.15, 0.2) is 0 Å². The van der Waals surface area contributed by atoms with Crippen LogP contribution in [0.2, 0.25) is 0 Å². The molecule has 5 aromatic carbocycles. The summed E-state index contributed by atoms with van der Waals surface area (Å²) >= 11 is 0. The number of ether oxygens (including phenoxy) is 5. The van der Waals surface area contributed by atoms with Crippen LogP contribution in [0.15, 0.2) is 157 Å². The van der Waals surface area contributed by atoms with Gasteiger partial charge in [-0.3, -0.25) is 4.79 Å². The van der Waals surface area contributed by atoms with Gasteiger partial charge in [0.25, 0.3) is 0 Å². The molecule has 0 aromatic heterocycles. The van der Waals surface area contributed by atoms with Crippen LogP contribution in [0.4, 0.5) is 24.0 Å². The highest BCUT2D eigenvalue weighted by Crippen LogP contribution is 2.11. The highest BCUT2D eigenvalue weighted by atomic mass is 16.6. The molecule has 0 spiro atoms. The van der Waals surface area contributed by atoms with Crippen molar-refractivity contribution < 1.29 is 52.5 Å². The Morgan fingerprint density at radius 3 is 1.34 bits per heavy atom. The predicted molar refractivity (Wildman–Crippen MR) is 259 cm³/mol. The second kappa shape index (κ2) is 30.1. The van der Waals surface area contributed by atoms with Crippen LogP contribution in [0, 0.1) is 0 Å². The number of nitrogens with two attached hydrogens (primary N) is 1. The van der Waals surface area contributed by atoms with Gasteiger partial charge in [-0.05, 0) is 53.5 Å². The summed E-state index contributed by atoms with van der Waals surface area (Å²) in [6.07, 6.45) is -3.30. The molecule has 5 rings (SSSR count). The van der Waals surface area contributed by atoms with E-state index in [0.29, 0.717) is 17.5 Å². The Morgan fingerprint density at radius 2 is 0.871 bits per heavy atom. The zero-order valence-electron chi connectivity index (χ0n) is 38.8. The molecule has 18 nitrogen and oxygen atoms in total. The van der Waals surface area contributed by atoms with Gasteiger partial charge < -0.3 is 50.3 Å². The Morgan fingerprint density at radius 1 is 0.471 bits per heavy atom. The van der Waals surface area contributed by atoms with Crippen molar-refractivity contribution in [2.24, 2.45) is 10.7 Å². The lowest BCUT2D eigenvalue weighted by atomic mass is 10.1. The van der Waals surface area contributed by atoms with Crippen molar-refractivity contribution in [3.8, 4) is 0 Å². The molecule has 5 aromatic rings. The van der Waals surface area contributed by atoms with E-state index in [-0.39, 0.29) is 85.0 Å². The molecule has 0 unspecified atom stereocenters.